The molecule has 6 nitrogen and oxygen atoms in total. The molecule has 0 N–H and O–H groups in total. The van der Waals surface area contributed by atoms with Crippen LogP contribution in [0.25, 0.3) is 10.2 Å². The van der Waals surface area contributed by atoms with Gasteiger partial charge in [-0.2, -0.15) is 10.3 Å². The van der Waals surface area contributed by atoms with Crippen LogP contribution in [0.3, 0.4) is 0 Å². The number of nitrogens with zero attached hydrogens (tertiary/aromatic N) is 3. The van der Waals surface area contributed by atoms with E-state index < -0.39 is 11.9 Å². The Morgan fingerprint density at radius 3 is 2.62 bits per heavy atom. The van der Waals surface area contributed by atoms with Crippen LogP contribution >= 0.6 is 11.3 Å². The summed E-state index contributed by atoms with van der Waals surface area (Å²) in [6.07, 6.45) is 3.20. The normalized spacial score (nSPS) is 11.4. The van der Waals surface area contributed by atoms with Crippen LogP contribution < -0.4 is 4.80 Å². The van der Waals surface area contributed by atoms with Crippen molar-refractivity contribution in [2.45, 2.75) is 32.7 Å². The first-order valence-electron chi connectivity index (χ1n) is 9.34. The molecule has 29 heavy (non-hydrogen) atoms. The summed E-state index contributed by atoms with van der Waals surface area (Å²) in [6.45, 7) is 2.13. The summed E-state index contributed by atoms with van der Waals surface area (Å²) in [5.74, 6) is -0.835. The molecule has 0 aliphatic rings. The van der Waals surface area contributed by atoms with Gasteiger partial charge in [0, 0.05) is 5.56 Å². The Hall–Kier alpha value is -3.24. The van der Waals surface area contributed by atoms with E-state index in [4.69, 9.17) is 10.00 Å². The predicted molar refractivity (Wildman–Crippen MR) is 111 cm³/mol. The van der Waals surface area contributed by atoms with E-state index in [0.717, 1.165) is 29.5 Å². The highest BCUT2D eigenvalue weighted by Crippen LogP contribution is 2.21. The molecule has 0 radical (unpaired) electrons. The van der Waals surface area contributed by atoms with Crippen LogP contribution in [0.5, 0.6) is 0 Å². The molecular formula is C22H21N3O3S. The number of amides is 1. The van der Waals surface area contributed by atoms with Crippen molar-refractivity contribution in [1.29, 1.82) is 5.26 Å². The largest absolute Gasteiger partial charge is 0.468 e. The average molecular weight is 407 g/mol. The lowest BCUT2D eigenvalue weighted by Gasteiger charge is -2.05. The number of unbranched alkanes of at least 4 members (excludes halogenated alkanes) is 1. The highest BCUT2D eigenvalue weighted by molar-refractivity contribution is 7.16. The van der Waals surface area contributed by atoms with E-state index in [1.54, 1.807) is 28.8 Å². The molecule has 7 heteroatoms. The monoisotopic (exact) mass is 407 g/mol. The minimum absolute atomic E-state index is 0.0235. The smallest absolute Gasteiger partial charge is 0.325 e. The Morgan fingerprint density at radius 2 is 1.97 bits per heavy atom. The van der Waals surface area contributed by atoms with E-state index in [1.807, 2.05) is 18.2 Å². The van der Waals surface area contributed by atoms with Crippen LogP contribution in [0.15, 0.2) is 47.5 Å². The number of aromatic nitrogens is 1. The minimum atomic E-state index is -0.425. The summed E-state index contributed by atoms with van der Waals surface area (Å²) in [6, 6.07) is 14.4. The lowest BCUT2D eigenvalue weighted by Crippen LogP contribution is -2.22. The number of nitriles is 1. The maximum Gasteiger partial charge on any atom is 0.325 e. The van der Waals surface area contributed by atoms with Gasteiger partial charge in [0.15, 0.2) is 4.80 Å². The number of ether oxygens (including phenoxy) is 1. The number of rotatable bonds is 6. The predicted octanol–water partition coefficient (Wildman–Crippen LogP) is 3.83. The summed E-state index contributed by atoms with van der Waals surface area (Å²) in [5.41, 5.74) is 2.92. The quantitative estimate of drug-likeness (QED) is 0.581. The fourth-order valence-corrected chi connectivity index (χ4v) is 4.02. The fourth-order valence-electron chi connectivity index (χ4n) is 2.92. The summed E-state index contributed by atoms with van der Waals surface area (Å²) in [5, 5.41) is 8.90. The topological polar surface area (TPSA) is 84.5 Å². The van der Waals surface area contributed by atoms with Crippen LogP contribution in [-0.2, 0) is 22.5 Å². The summed E-state index contributed by atoms with van der Waals surface area (Å²) >= 11 is 1.37. The number of aryl methyl sites for hydroxylation is 1. The van der Waals surface area contributed by atoms with Gasteiger partial charge < -0.3 is 9.30 Å². The van der Waals surface area contributed by atoms with Crippen LogP contribution in [0.1, 0.15) is 41.3 Å². The van der Waals surface area contributed by atoms with Gasteiger partial charge in [0.2, 0.25) is 0 Å². The Morgan fingerprint density at radius 1 is 1.21 bits per heavy atom. The zero-order chi connectivity index (χ0) is 20.8. The average Bonchev–Trinajstić information content (AvgIpc) is 3.08. The summed E-state index contributed by atoms with van der Waals surface area (Å²) in [7, 11) is 1.33. The van der Waals surface area contributed by atoms with Crippen LogP contribution in [0.4, 0.5) is 0 Å². The van der Waals surface area contributed by atoms with Gasteiger partial charge in [0.1, 0.15) is 6.54 Å². The molecule has 3 rings (SSSR count). The molecule has 0 aliphatic heterocycles. The minimum Gasteiger partial charge on any atom is -0.468 e. The van der Waals surface area contributed by atoms with Crippen molar-refractivity contribution < 1.29 is 14.3 Å². The second-order valence-electron chi connectivity index (χ2n) is 6.56. The molecular weight excluding hydrogens is 386 g/mol. The SMILES string of the molecule is CCCCc1ccc2c(c1)sc(=NC(=O)c1ccc(C#N)cc1)n2CC(=O)OC. The van der Waals surface area contributed by atoms with Gasteiger partial charge >= 0.3 is 5.97 Å². The zero-order valence-electron chi connectivity index (χ0n) is 16.3. The van der Waals surface area contributed by atoms with Gasteiger partial charge in [-0.3, -0.25) is 9.59 Å². The van der Waals surface area contributed by atoms with E-state index in [2.05, 4.69) is 18.0 Å². The third-order valence-corrected chi connectivity index (χ3v) is 5.58. The number of hydrogen-bond donors (Lipinski definition) is 0. The number of carbonyl (C=O) groups is 2. The molecule has 0 aliphatic carbocycles. The van der Waals surface area contributed by atoms with Crippen molar-refractivity contribution in [3.8, 4) is 6.07 Å². The highest BCUT2D eigenvalue weighted by atomic mass is 32.1. The lowest BCUT2D eigenvalue weighted by molar-refractivity contribution is -0.141. The van der Waals surface area contributed by atoms with E-state index in [-0.39, 0.29) is 6.54 Å². The molecule has 0 saturated heterocycles. The van der Waals surface area contributed by atoms with Gasteiger partial charge in [-0.15, -0.1) is 0 Å². The molecule has 0 spiro atoms. The first kappa shape index (κ1) is 20.5. The molecule has 148 valence electrons. The first-order chi connectivity index (χ1) is 14.0. The Bertz CT molecular complexity index is 1150. The maximum absolute atomic E-state index is 12.6. The Balaban J connectivity index is 2.06. The van der Waals surface area contributed by atoms with Crippen molar-refractivity contribution in [1.82, 2.24) is 4.57 Å². The highest BCUT2D eigenvalue weighted by Gasteiger charge is 2.13. The second-order valence-corrected chi connectivity index (χ2v) is 7.57. The van der Waals surface area contributed by atoms with Crippen molar-refractivity contribution in [2.75, 3.05) is 7.11 Å². The number of fused-ring (bicyclic) bond motifs is 1. The molecule has 0 bridgehead atoms. The number of methoxy groups -OCH3 is 1. The molecule has 1 amide bonds. The summed E-state index contributed by atoms with van der Waals surface area (Å²) < 4.78 is 7.48. The van der Waals surface area contributed by atoms with E-state index >= 15 is 0 Å². The number of hydrogen-bond acceptors (Lipinski definition) is 5. The fraction of sp³-hybridized carbons (Fsp3) is 0.273. The second kappa shape index (κ2) is 9.30. The van der Waals surface area contributed by atoms with Gasteiger partial charge in [0.25, 0.3) is 5.91 Å². The molecule has 2 aromatic carbocycles. The molecule has 0 saturated carbocycles. The van der Waals surface area contributed by atoms with E-state index in [0.29, 0.717) is 15.9 Å². The van der Waals surface area contributed by atoms with Gasteiger partial charge in [-0.25, -0.2) is 0 Å². The maximum atomic E-state index is 12.6. The molecule has 1 heterocycles. The molecule has 0 unspecified atom stereocenters. The molecule has 1 aromatic heterocycles. The molecule has 3 aromatic rings. The van der Waals surface area contributed by atoms with Crippen LogP contribution in [-0.4, -0.2) is 23.6 Å². The van der Waals surface area contributed by atoms with Gasteiger partial charge in [-0.1, -0.05) is 30.7 Å². The van der Waals surface area contributed by atoms with Crippen LogP contribution in [0.2, 0.25) is 0 Å². The Kier molecular flexibility index (Phi) is 6.57. The molecule has 0 atom stereocenters. The molecule has 0 fully saturated rings. The van der Waals surface area contributed by atoms with E-state index in [9.17, 15) is 9.59 Å². The van der Waals surface area contributed by atoms with Crippen molar-refractivity contribution in [2.24, 2.45) is 4.99 Å². The zero-order valence-corrected chi connectivity index (χ0v) is 17.2. The lowest BCUT2D eigenvalue weighted by atomic mass is 10.1. The standard InChI is InChI=1S/C22H21N3O3S/c1-3-4-5-15-8-11-18-19(12-15)29-22(25(18)14-20(26)28-2)24-21(27)17-9-6-16(13-23)7-10-17/h6-12H,3-5,14H2,1-2H3. The third kappa shape index (κ3) is 4.79. The number of esters is 1. The van der Waals surface area contributed by atoms with Crippen molar-refractivity contribution >= 4 is 33.4 Å². The van der Waals surface area contributed by atoms with Crippen LogP contribution in [0, 0.1) is 11.3 Å². The van der Waals surface area contributed by atoms with Gasteiger partial charge in [0.05, 0.1) is 29.0 Å². The Labute approximate surface area is 172 Å². The van der Waals surface area contributed by atoms with E-state index in [1.165, 1.54) is 24.0 Å². The first-order valence-corrected chi connectivity index (χ1v) is 10.2. The summed E-state index contributed by atoms with van der Waals surface area (Å²) in [4.78, 5) is 29.2. The van der Waals surface area contributed by atoms with Gasteiger partial charge in [-0.05, 0) is 54.8 Å². The van der Waals surface area contributed by atoms with Crippen molar-refractivity contribution in [3.05, 3.63) is 64.0 Å². The number of thiazole rings is 1. The third-order valence-electron chi connectivity index (χ3n) is 4.54. The van der Waals surface area contributed by atoms with Crippen molar-refractivity contribution in [3.63, 3.8) is 0 Å². The number of benzene rings is 2. The number of carbonyl (C=O) groups excluding carboxylic acids is 2.